The molecule has 0 saturated carbocycles. The van der Waals surface area contributed by atoms with Gasteiger partial charge in [0.2, 0.25) is 0 Å². The molecule has 0 aromatic heterocycles. The lowest BCUT2D eigenvalue weighted by Crippen LogP contribution is -2.33. The molecule has 0 amide bonds. The predicted molar refractivity (Wildman–Crippen MR) is 328 cm³/mol. The van der Waals surface area contributed by atoms with Gasteiger partial charge in [0, 0.05) is 13.1 Å². The number of nitrogens with zero attached hydrogens (tertiary/aromatic N) is 1. The van der Waals surface area contributed by atoms with Crippen molar-refractivity contribution in [1.29, 1.82) is 0 Å². The molecule has 13 nitrogen and oxygen atoms in total. The van der Waals surface area contributed by atoms with Crippen molar-refractivity contribution in [2.75, 3.05) is 112 Å². The second kappa shape index (κ2) is 97.9. The molecule has 2 rings (SSSR count). The van der Waals surface area contributed by atoms with E-state index in [1.807, 2.05) is 13.1 Å². The Balaban J connectivity index is -0.000000104. The molecule has 0 radical (unpaired) electrons. The zero-order chi connectivity index (χ0) is 55.4. The van der Waals surface area contributed by atoms with Crippen LogP contribution in [0.5, 0.6) is 0 Å². The summed E-state index contributed by atoms with van der Waals surface area (Å²) in [5.74, 6) is 0.849. The molecular weight excluding hydrogens is 879 g/mol. The third-order valence-corrected chi connectivity index (χ3v) is 10.4. The second-order valence-electron chi connectivity index (χ2n) is 18.3. The highest BCUT2D eigenvalue weighted by molar-refractivity contribution is 5.14. The monoisotopic (exact) mass is 1020 g/mol. The maximum absolute atomic E-state index is 5.42. The highest BCUT2D eigenvalue weighted by Crippen LogP contribution is 2.07. The maximum atomic E-state index is 5.42. The molecule has 1 aliphatic rings. The van der Waals surface area contributed by atoms with Crippen LogP contribution in [-0.4, -0.2) is 117 Å². The Labute approximate surface area is 447 Å². The summed E-state index contributed by atoms with van der Waals surface area (Å²) in [6.07, 6.45) is 32.6. The lowest BCUT2D eigenvalue weighted by atomic mass is 10.1. The molecule has 1 saturated heterocycles. The minimum Gasteiger partial charge on any atom is -0.330 e. The summed E-state index contributed by atoms with van der Waals surface area (Å²) < 4.78 is 0. The smallest absolute Gasteiger partial charge is 0.0105 e. The molecule has 0 spiro atoms. The molecule has 22 N–H and O–H groups in total. The molecule has 1 heterocycles. The highest BCUT2D eigenvalue weighted by atomic mass is 15.1. The third kappa shape index (κ3) is 124. The fraction of sp³-hybridized carbons (Fsp3) is 0.897. The van der Waals surface area contributed by atoms with Crippen molar-refractivity contribution in [3.63, 3.8) is 0 Å². The number of hydrogen-bond donors (Lipinski definition) is 12. The molecular formula is C58H139N13. The third-order valence-electron chi connectivity index (χ3n) is 10.4. The first kappa shape index (κ1) is 86.4. The summed E-state index contributed by atoms with van der Waals surface area (Å²) in [4.78, 5) is 2.45. The zero-order valence-electron chi connectivity index (χ0n) is 49.9. The summed E-state index contributed by atoms with van der Waals surface area (Å²) in [6.45, 7) is 32.6. The fourth-order valence-electron chi connectivity index (χ4n) is 5.82. The fourth-order valence-corrected chi connectivity index (χ4v) is 5.82. The van der Waals surface area contributed by atoms with Gasteiger partial charge in [0.05, 0.1) is 0 Å². The van der Waals surface area contributed by atoms with E-state index in [1.54, 1.807) is 0 Å². The number of nitrogens with two attached hydrogens (primary N) is 10. The molecule has 0 unspecified atom stereocenters. The first-order chi connectivity index (χ1) is 34.5. The summed E-state index contributed by atoms with van der Waals surface area (Å²) in [5.41, 5.74) is 54.0. The van der Waals surface area contributed by atoms with Gasteiger partial charge in [-0.2, -0.15) is 0 Å². The Kier molecular flexibility index (Phi) is 119. The minimum atomic E-state index is 0.787. The Morgan fingerprint density at radius 1 is 0.423 bits per heavy atom. The van der Waals surface area contributed by atoms with E-state index < -0.39 is 0 Å². The van der Waals surface area contributed by atoms with Crippen molar-refractivity contribution in [2.24, 2.45) is 63.3 Å². The largest absolute Gasteiger partial charge is 0.330 e. The highest BCUT2D eigenvalue weighted by Gasteiger charge is 2.07. The van der Waals surface area contributed by atoms with Crippen molar-refractivity contribution < 1.29 is 0 Å². The molecule has 1 aliphatic heterocycles. The zero-order valence-corrected chi connectivity index (χ0v) is 49.9. The van der Waals surface area contributed by atoms with Gasteiger partial charge in [-0.3, -0.25) is 0 Å². The standard InChI is InChI=1S/C9H13N.C7H16N2.C7H17N.3C6H15N.C5H14N2.C4H12N2.2C4H11N/c10-8-4-7-9-5-2-1-3-6-9;8-4-7-9-5-2-1-3-6-9;1-7(2)5-3-4-6-8;3*1-2-3-4-5-6-7;1-2-7-5-3-4-6;1-6-4-2-3-5;2*1-2-3-4-5/h1-3,5-6H,4,7-8,10H2;1-8H2;7H,3-6,8H2,1-2H3;3*2-7H2,1H3;7H,2-6H2,1H3;6H,2-5H2,1H3;2*2-5H2,1H3. The number of benzene rings is 1. The normalized spacial score (nSPS) is 11.0. The van der Waals surface area contributed by atoms with Crippen molar-refractivity contribution in [1.82, 2.24) is 15.5 Å². The van der Waals surface area contributed by atoms with Gasteiger partial charge < -0.3 is 72.9 Å². The van der Waals surface area contributed by atoms with E-state index in [0.717, 1.165) is 123 Å². The lowest BCUT2D eigenvalue weighted by Gasteiger charge is -2.25. The second-order valence-corrected chi connectivity index (χ2v) is 18.3. The molecule has 0 aliphatic carbocycles. The van der Waals surface area contributed by atoms with Crippen molar-refractivity contribution in [2.45, 2.75) is 222 Å². The van der Waals surface area contributed by atoms with Gasteiger partial charge in [-0.1, -0.05) is 176 Å². The number of unbranched alkanes of at least 4 members (excludes halogenated alkanes) is 12. The summed E-state index contributed by atoms with van der Waals surface area (Å²) in [7, 11) is 1.93. The van der Waals surface area contributed by atoms with Crippen LogP contribution in [0.3, 0.4) is 0 Å². The minimum absolute atomic E-state index is 0.787. The van der Waals surface area contributed by atoms with Crippen LogP contribution < -0.4 is 68.0 Å². The van der Waals surface area contributed by atoms with Crippen molar-refractivity contribution in [3.05, 3.63) is 35.9 Å². The van der Waals surface area contributed by atoms with Gasteiger partial charge >= 0.3 is 0 Å². The Bertz CT molecular complexity index is 779. The first-order valence-electron chi connectivity index (χ1n) is 29.7. The Hall–Kier alpha value is -1.30. The van der Waals surface area contributed by atoms with E-state index >= 15 is 0 Å². The predicted octanol–water partition coefficient (Wildman–Crippen LogP) is 9.35. The average Bonchev–Trinajstić information content (AvgIpc) is 3.39. The van der Waals surface area contributed by atoms with Crippen LogP contribution >= 0.6 is 0 Å². The quantitative estimate of drug-likeness (QED) is 0.0300. The van der Waals surface area contributed by atoms with Crippen LogP contribution in [0.25, 0.3) is 0 Å². The van der Waals surface area contributed by atoms with Crippen LogP contribution in [0.1, 0.15) is 221 Å². The van der Waals surface area contributed by atoms with Crippen LogP contribution in [-0.2, 0) is 6.42 Å². The van der Waals surface area contributed by atoms with Crippen LogP contribution in [0.15, 0.2) is 30.3 Å². The number of rotatable bonds is 32. The van der Waals surface area contributed by atoms with Gasteiger partial charge in [0.15, 0.2) is 0 Å². The molecule has 1 aromatic rings. The van der Waals surface area contributed by atoms with Crippen molar-refractivity contribution in [3.8, 4) is 0 Å². The number of piperidine rings is 1. The Morgan fingerprint density at radius 3 is 1.10 bits per heavy atom. The van der Waals surface area contributed by atoms with Gasteiger partial charge in [-0.05, 0) is 187 Å². The van der Waals surface area contributed by atoms with Gasteiger partial charge in [0.25, 0.3) is 0 Å². The first-order valence-corrected chi connectivity index (χ1v) is 29.7. The SMILES string of the molecule is CC(C)CCCCN.CCCCCCN.CCCCCCN.CCCCCCN.CCCCN.CCCCN.CCNCCCN.CNCCCN.NCCCc1ccccc1.NCCN1CCCCC1. The lowest BCUT2D eigenvalue weighted by molar-refractivity contribution is 0.235. The van der Waals surface area contributed by atoms with Gasteiger partial charge in [0.1, 0.15) is 0 Å². The molecule has 1 aromatic carbocycles. The molecule has 1 fully saturated rings. The van der Waals surface area contributed by atoms with Crippen LogP contribution in [0.4, 0.5) is 0 Å². The van der Waals surface area contributed by atoms with E-state index in [-0.39, 0.29) is 0 Å². The summed E-state index contributed by atoms with van der Waals surface area (Å²) in [6, 6.07) is 10.4. The molecule has 436 valence electrons. The number of likely N-dealkylation sites (tertiary alicyclic amines) is 1. The average molecular weight is 1020 g/mol. The van der Waals surface area contributed by atoms with Crippen LogP contribution in [0.2, 0.25) is 0 Å². The maximum Gasteiger partial charge on any atom is 0.0105 e. The van der Waals surface area contributed by atoms with Gasteiger partial charge in [-0.25, -0.2) is 0 Å². The van der Waals surface area contributed by atoms with E-state index in [1.165, 1.54) is 160 Å². The molecule has 0 atom stereocenters. The number of aryl methyl sites for hydroxylation is 1. The molecule has 0 bridgehead atoms. The summed E-state index contributed by atoms with van der Waals surface area (Å²) >= 11 is 0. The van der Waals surface area contributed by atoms with E-state index in [4.69, 9.17) is 57.3 Å². The number of nitrogens with one attached hydrogen (secondary N) is 2. The molecule has 13 heteroatoms. The number of hydrogen-bond acceptors (Lipinski definition) is 13. The van der Waals surface area contributed by atoms with Crippen molar-refractivity contribution >= 4 is 0 Å². The topological polar surface area (TPSA) is 288 Å². The van der Waals surface area contributed by atoms with E-state index in [9.17, 15) is 0 Å². The summed E-state index contributed by atoms with van der Waals surface area (Å²) in [5, 5.41) is 6.16. The van der Waals surface area contributed by atoms with Crippen LogP contribution in [0, 0.1) is 5.92 Å². The molecule has 71 heavy (non-hydrogen) atoms. The van der Waals surface area contributed by atoms with E-state index in [0.29, 0.717) is 0 Å². The Morgan fingerprint density at radius 2 is 0.803 bits per heavy atom. The van der Waals surface area contributed by atoms with Gasteiger partial charge in [-0.15, -0.1) is 0 Å². The van der Waals surface area contributed by atoms with E-state index in [2.05, 4.69) is 95.2 Å².